The smallest absolute Gasteiger partial charge is 0.408 e. The topological polar surface area (TPSA) is 93.7 Å². The lowest BCUT2D eigenvalue weighted by molar-refractivity contribution is -0.145. The van der Waals surface area contributed by atoms with Crippen LogP contribution in [0.2, 0.25) is 0 Å². The molecular formula is C27H27IN2O5. The highest BCUT2D eigenvalue weighted by molar-refractivity contribution is 14.1. The van der Waals surface area contributed by atoms with Crippen LogP contribution in [-0.4, -0.2) is 37.2 Å². The molecule has 3 rings (SSSR count). The lowest BCUT2D eigenvalue weighted by atomic mass is 10.0. The zero-order valence-electron chi connectivity index (χ0n) is 19.3. The quantitative estimate of drug-likeness (QED) is 0.277. The first-order chi connectivity index (χ1) is 16.9. The van der Waals surface area contributed by atoms with Crippen LogP contribution in [0.15, 0.2) is 84.9 Å². The van der Waals surface area contributed by atoms with Crippen LogP contribution in [-0.2, 0) is 38.5 Å². The summed E-state index contributed by atoms with van der Waals surface area (Å²) < 4.78 is 11.3. The SMILES string of the molecule is COC(=O)[C@H](Cc1ccc(I)cc1)NC(=O)[C@H](Cc1ccccc1)NC(=O)OCc1ccccc1. The van der Waals surface area contributed by atoms with Gasteiger partial charge in [-0.25, -0.2) is 9.59 Å². The molecule has 0 unspecified atom stereocenters. The summed E-state index contributed by atoms with van der Waals surface area (Å²) in [4.78, 5) is 38.2. The summed E-state index contributed by atoms with van der Waals surface area (Å²) >= 11 is 2.20. The second-order valence-corrected chi connectivity index (χ2v) is 9.11. The van der Waals surface area contributed by atoms with Crippen molar-refractivity contribution >= 4 is 40.6 Å². The molecule has 0 heterocycles. The van der Waals surface area contributed by atoms with Gasteiger partial charge in [0.15, 0.2) is 0 Å². The fraction of sp³-hybridized carbons (Fsp3) is 0.222. The van der Waals surface area contributed by atoms with E-state index in [9.17, 15) is 14.4 Å². The van der Waals surface area contributed by atoms with E-state index < -0.39 is 30.1 Å². The number of rotatable bonds is 10. The Labute approximate surface area is 218 Å². The minimum absolute atomic E-state index is 0.0734. The second-order valence-electron chi connectivity index (χ2n) is 7.86. The number of hydrogen-bond acceptors (Lipinski definition) is 5. The van der Waals surface area contributed by atoms with E-state index in [0.717, 1.165) is 20.3 Å². The van der Waals surface area contributed by atoms with Gasteiger partial charge in [-0.2, -0.15) is 0 Å². The minimum Gasteiger partial charge on any atom is -0.467 e. The molecule has 7 nitrogen and oxygen atoms in total. The Hall–Kier alpha value is -3.40. The highest BCUT2D eigenvalue weighted by Crippen LogP contribution is 2.11. The molecule has 0 radical (unpaired) electrons. The van der Waals surface area contributed by atoms with Crippen molar-refractivity contribution < 1.29 is 23.9 Å². The van der Waals surface area contributed by atoms with Crippen molar-refractivity contribution in [2.24, 2.45) is 0 Å². The first-order valence-corrected chi connectivity index (χ1v) is 12.2. The molecule has 0 aliphatic heterocycles. The molecule has 0 fully saturated rings. The maximum absolute atomic E-state index is 13.2. The Bertz CT molecular complexity index is 1110. The van der Waals surface area contributed by atoms with Gasteiger partial charge in [0.25, 0.3) is 0 Å². The molecule has 35 heavy (non-hydrogen) atoms. The molecule has 0 bridgehead atoms. The van der Waals surface area contributed by atoms with Gasteiger partial charge in [0.1, 0.15) is 18.7 Å². The largest absolute Gasteiger partial charge is 0.467 e. The van der Waals surface area contributed by atoms with Crippen LogP contribution >= 0.6 is 22.6 Å². The van der Waals surface area contributed by atoms with Gasteiger partial charge in [0, 0.05) is 16.4 Å². The third-order valence-electron chi connectivity index (χ3n) is 5.26. The molecule has 2 N–H and O–H groups in total. The van der Waals surface area contributed by atoms with Crippen LogP contribution in [0, 0.1) is 3.57 Å². The van der Waals surface area contributed by atoms with Gasteiger partial charge in [-0.05, 0) is 51.4 Å². The van der Waals surface area contributed by atoms with Crippen LogP contribution < -0.4 is 10.6 Å². The Kier molecular flexibility index (Phi) is 10.1. The summed E-state index contributed by atoms with van der Waals surface area (Å²) in [5.74, 6) is -1.08. The Balaban J connectivity index is 1.71. The number of esters is 1. The lowest BCUT2D eigenvalue weighted by Gasteiger charge is -2.22. The standard InChI is InChI=1S/C27H27IN2O5/c1-34-26(32)24(17-20-12-14-22(28)15-13-20)29-25(31)23(16-19-8-4-2-5-9-19)30-27(33)35-18-21-10-6-3-7-11-21/h2-15,23-24H,16-18H2,1H3,(H,29,31)(H,30,33)/t23-,24-/m0/s1. The van der Waals surface area contributed by atoms with E-state index >= 15 is 0 Å². The monoisotopic (exact) mass is 586 g/mol. The van der Waals surface area contributed by atoms with Crippen molar-refractivity contribution in [2.75, 3.05) is 7.11 Å². The number of hydrogen-bond donors (Lipinski definition) is 2. The number of nitrogens with one attached hydrogen (secondary N) is 2. The molecule has 2 atom stereocenters. The number of halogens is 1. The van der Waals surface area contributed by atoms with Gasteiger partial charge >= 0.3 is 12.1 Å². The van der Waals surface area contributed by atoms with Gasteiger partial charge in [-0.1, -0.05) is 72.8 Å². The van der Waals surface area contributed by atoms with Crippen LogP contribution in [0.5, 0.6) is 0 Å². The van der Waals surface area contributed by atoms with Crippen molar-refractivity contribution in [3.63, 3.8) is 0 Å². The number of benzene rings is 3. The number of amides is 2. The van der Waals surface area contributed by atoms with Crippen LogP contribution in [0.4, 0.5) is 4.79 Å². The van der Waals surface area contributed by atoms with Crippen molar-refractivity contribution in [1.29, 1.82) is 0 Å². The molecule has 0 aromatic heterocycles. The van der Waals surface area contributed by atoms with E-state index in [1.807, 2.05) is 84.9 Å². The van der Waals surface area contributed by atoms with Crippen molar-refractivity contribution in [3.8, 4) is 0 Å². The summed E-state index contributed by atoms with van der Waals surface area (Å²) in [5, 5.41) is 5.39. The number of ether oxygens (including phenoxy) is 2. The Morgan fingerprint density at radius 2 is 1.29 bits per heavy atom. The first kappa shape index (κ1) is 26.2. The van der Waals surface area contributed by atoms with Crippen molar-refractivity contribution in [1.82, 2.24) is 10.6 Å². The third kappa shape index (κ3) is 8.71. The summed E-state index contributed by atoms with van der Waals surface area (Å²) in [7, 11) is 1.27. The van der Waals surface area contributed by atoms with Crippen LogP contribution in [0.1, 0.15) is 16.7 Å². The van der Waals surface area contributed by atoms with Gasteiger partial charge in [0.05, 0.1) is 7.11 Å². The molecule has 8 heteroatoms. The molecule has 0 spiro atoms. The molecule has 0 aliphatic rings. The molecule has 0 aliphatic carbocycles. The molecule has 2 amide bonds. The fourth-order valence-corrected chi connectivity index (χ4v) is 3.79. The number of carbonyl (C=O) groups is 3. The maximum atomic E-state index is 13.2. The van der Waals surface area contributed by atoms with Gasteiger partial charge in [0.2, 0.25) is 5.91 Å². The normalized spacial score (nSPS) is 12.2. The summed E-state index contributed by atoms with van der Waals surface area (Å²) in [6, 6.07) is 24.3. The molecular weight excluding hydrogens is 559 g/mol. The second kappa shape index (κ2) is 13.5. The minimum atomic E-state index is -0.954. The molecule has 3 aromatic rings. The predicted octanol–water partition coefficient (Wildman–Crippen LogP) is 4.03. The zero-order valence-corrected chi connectivity index (χ0v) is 21.4. The van der Waals surface area contributed by atoms with Crippen molar-refractivity contribution in [3.05, 3.63) is 105 Å². The molecule has 0 saturated carbocycles. The summed E-state index contributed by atoms with van der Waals surface area (Å²) in [6.07, 6.45) is -0.242. The van der Waals surface area contributed by atoms with E-state index in [1.54, 1.807) is 0 Å². The predicted molar refractivity (Wildman–Crippen MR) is 141 cm³/mol. The zero-order chi connectivity index (χ0) is 25.0. The molecule has 182 valence electrons. The van der Waals surface area contributed by atoms with Crippen LogP contribution in [0.25, 0.3) is 0 Å². The summed E-state index contributed by atoms with van der Waals surface area (Å²) in [5.41, 5.74) is 2.55. The Morgan fingerprint density at radius 3 is 1.89 bits per heavy atom. The van der Waals surface area contributed by atoms with Crippen LogP contribution in [0.3, 0.4) is 0 Å². The van der Waals surface area contributed by atoms with E-state index in [1.165, 1.54) is 7.11 Å². The average Bonchev–Trinajstić information content (AvgIpc) is 2.88. The summed E-state index contributed by atoms with van der Waals surface area (Å²) in [6.45, 7) is 0.0734. The van der Waals surface area contributed by atoms with E-state index in [-0.39, 0.29) is 19.4 Å². The van der Waals surface area contributed by atoms with E-state index in [4.69, 9.17) is 9.47 Å². The lowest BCUT2D eigenvalue weighted by Crippen LogP contribution is -2.53. The molecule has 0 saturated heterocycles. The Morgan fingerprint density at radius 1 is 0.743 bits per heavy atom. The number of alkyl carbamates (subject to hydrolysis) is 1. The first-order valence-electron chi connectivity index (χ1n) is 11.1. The van der Waals surface area contributed by atoms with Gasteiger partial charge in [-0.15, -0.1) is 0 Å². The molecule has 3 aromatic carbocycles. The highest BCUT2D eigenvalue weighted by Gasteiger charge is 2.28. The fourth-order valence-electron chi connectivity index (χ4n) is 3.43. The number of carbonyl (C=O) groups excluding carboxylic acids is 3. The number of methoxy groups -OCH3 is 1. The average molecular weight is 586 g/mol. The van der Waals surface area contributed by atoms with Crippen molar-refractivity contribution in [2.45, 2.75) is 31.5 Å². The van der Waals surface area contributed by atoms with E-state index in [2.05, 4.69) is 33.2 Å². The maximum Gasteiger partial charge on any atom is 0.408 e. The van der Waals surface area contributed by atoms with Gasteiger partial charge in [-0.3, -0.25) is 4.79 Å². The van der Waals surface area contributed by atoms with E-state index in [0.29, 0.717) is 0 Å². The van der Waals surface area contributed by atoms with Gasteiger partial charge < -0.3 is 20.1 Å². The third-order valence-corrected chi connectivity index (χ3v) is 5.98. The highest BCUT2D eigenvalue weighted by atomic mass is 127.